The second-order valence-corrected chi connectivity index (χ2v) is 8.08. The van der Waals surface area contributed by atoms with Crippen molar-refractivity contribution in [1.29, 1.82) is 0 Å². The number of carboxylic acids is 1. The van der Waals surface area contributed by atoms with E-state index in [1.165, 1.54) is 0 Å². The molecule has 1 atom stereocenters. The second kappa shape index (κ2) is 9.23. The topological polar surface area (TPSA) is 104 Å². The number of rotatable bonds is 8. The molecule has 9 heteroatoms. The van der Waals surface area contributed by atoms with Crippen molar-refractivity contribution in [2.45, 2.75) is 32.7 Å². The van der Waals surface area contributed by atoms with Gasteiger partial charge in [0, 0.05) is 28.5 Å². The summed E-state index contributed by atoms with van der Waals surface area (Å²) in [4.78, 5) is 20.4. The molecule has 1 unspecified atom stereocenters. The van der Waals surface area contributed by atoms with Gasteiger partial charge < -0.3 is 15.7 Å². The molecule has 0 amide bonds. The standard InChI is InChI=1S/C23H23ClN6O2/c1-14-8-9-17(24)12-19(14)27-22-28-23-25-15(2)10-20(30(23)29-22)26-18(13-21(31)32)11-16-6-4-3-5-7-16/h3-10,12,18,26H,11,13H2,1-2H3,(H,27,29)(H,31,32). The molecule has 32 heavy (non-hydrogen) atoms. The number of nitrogens with one attached hydrogen (secondary N) is 2. The molecule has 164 valence electrons. The van der Waals surface area contributed by atoms with Crippen LogP contribution in [0, 0.1) is 13.8 Å². The molecule has 8 nitrogen and oxygen atoms in total. The maximum absolute atomic E-state index is 11.5. The fourth-order valence-corrected chi connectivity index (χ4v) is 3.66. The number of hydrogen-bond acceptors (Lipinski definition) is 6. The highest BCUT2D eigenvalue weighted by atomic mass is 35.5. The lowest BCUT2D eigenvalue weighted by atomic mass is 10.0. The average Bonchev–Trinajstić information content (AvgIpc) is 3.13. The van der Waals surface area contributed by atoms with Crippen molar-refractivity contribution in [3.8, 4) is 0 Å². The molecule has 4 aromatic rings. The molecule has 0 aliphatic rings. The number of aliphatic carboxylic acids is 1. The Bertz CT molecular complexity index is 1260. The molecule has 0 spiro atoms. The Kier molecular flexibility index (Phi) is 6.23. The van der Waals surface area contributed by atoms with Crippen molar-refractivity contribution in [2.24, 2.45) is 0 Å². The predicted octanol–water partition coefficient (Wildman–Crippen LogP) is 4.64. The maximum Gasteiger partial charge on any atom is 0.305 e. The largest absolute Gasteiger partial charge is 0.481 e. The van der Waals surface area contributed by atoms with E-state index in [1.807, 2.05) is 68.4 Å². The number of halogens is 1. The highest BCUT2D eigenvalue weighted by Gasteiger charge is 2.18. The molecule has 2 aromatic heterocycles. The van der Waals surface area contributed by atoms with Gasteiger partial charge in [-0.25, -0.2) is 4.98 Å². The summed E-state index contributed by atoms with van der Waals surface area (Å²) in [7, 11) is 0. The van der Waals surface area contributed by atoms with Crippen molar-refractivity contribution in [2.75, 3.05) is 10.6 Å². The van der Waals surface area contributed by atoms with E-state index in [0.29, 0.717) is 29.0 Å². The van der Waals surface area contributed by atoms with Gasteiger partial charge in [0.25, 0.3) is 5.78 Å². The molecule has 0 fully saturated rings. The zero-order chi connectivity index (χ0) is 22.7. The van der Waals surface area contributed by atoms with E-state index in [2.05, 4.69) is 25.7 Å². The van der Waals surface area contributed by atoms with Gasteiger partial charge in [0.05, 0.1) is 6.42 Å². The SMILES string of the molecule is Cc1cc(NC(CC(=O)O)Cc2ccccc2)n2nc(Nc3cc(Cl)ccc3C)nc2n1. The van der Waals surface area contributed by atoms with Gasteiger partial charge >= 0.3 is 5.97 Å². The summed E-state index contributed by atoms with van der Waals surface area (Å²) in [5.41, 5.74) is 3.59. The van der Waals surface area contributed by atoms with E-state index in [-0.39, 0.29) is 12.5 Å². The second-order valence-electron chi connectivity index (χ2n) is 7.64. The quantitative estimate of drug-likeness (QED) is 0.359. The van der Waals surface area contributed by atoms with Crippen LogP contribution in [0.5, 0.6) is 0 Å². The Hall–Kier alpha value is -3.65. The van der Waals surface area contributed by atoms with Crippen molar-refractivity contribution >= 4 is 40.8 Å². The molecule has 4 rings (SSSR count). The fourth-order valence-electron chi connectivity index (χ4n) is 3.48. The number of carboxylic acid groups (broad SMARTS) is 1. The van der Waals surface area contributed by atoms with E-state index in [9.17, 15) is 9.90 Å². The molecule has 2 heterocycles. The Morgan fingerprint density at radius 1 is 1.12 bits per heavy atom. The summed E-state index contributed by atoms with van der Waals surface area (Å²) in [6.45, 7) is 3.82. The molecule has 0 radical (unpaired) electrons. The van der Waals surface area contributed by atoms with Crippen LogP contribution in [-0.2, 0) is 11.2 Å². The lowest BCUT2D eigenvalue weighted by Gasteiger charge is -2.19. The van der Waals surface area contributed by atoms with Gasteiger partial charge in [0.1, 0.15) is 5.82 Å². The van der Waals surface area contributed by atoms with Gasteiger partial charge in [0.15, 0.2) is 0 Å². The number of aryl methyl sites for hydroxylation is 2. The summed E-state index contributed by atoms with van der Waals surface area (Å²) in [6, 6.07) is 16.8. The molecule has 0 saturated carbocycles. The number of nitrogens with zero attached hydrogens (tertiary/aromatic N) is 4. The third kappa shape index (κ3) is 5.15. The molecule has 0 saturated heterocycles. The molecule has 0 aliphatic carbocycles. The van der Waals surface area contributed by atoms with Gasteiger partial charge in [-0.05, 0) is 43.5 Å². The van der Waals surface area contributed by atoms with E-state index in [1.54, 1.807) is 4.52 Å². The minimum atomic E-state index is -0.877. The third-order valence-corrected chi connectivity index (χ3v) is 5.22. The number of carbonyl (C=O) groups is 1. The fraction of sp³-hybridized carbons (Fsp3) is 0.217. The lowest BCUT2D eigenvalue weighted by Crippen LogP contribution is -2.27. The van der Waals surface area contributed by atoms with E-state index in [4.69, 9.17) is 11.6 Å². The molecule has 2 aromatic carbocycles. The van der Waals surface area contributed by atoms with Crippen LogP contribution in [0.1, 0.15) is 23.2 Å². The van der Waals surface area contributed by atoms with Gasteiger partial charge in [-0.1, -0.05) is 48.0 Å². The minimum Gasteiger partial charge on any atom is -0.481 e. The number of aromatic nitrogens is 4. The Morgan fingerprint density at radius 3 is 2.66 bits per heavy atom. The Morgan fingerprint density at radius 2 is 1.91 bits per heavy atom. The summed E-state index contributed by atoms with van der Waals surface area (Å²) >= 11 is 6.12. The zero-order valence-electron chi connectivity index (χ0n) is 17.7. The number of benzene rings is 2. The van der Waals surface area contributed by atoms with Crippen LogP contribution >= 0.6 is 11.6 Å². The minimum absolute atomic E-state index is 0.0424. The van der Waals surface area contributed by atoms with Gasteiger partial charge in [-0.15, -0.1) is 5.10 Å². The normalized spacial score (nSPS) is 12.0. The van der Waals surface area contributed by atoms with Crippen LogP contribution < -0.4 is 10.6 Å². The molecular weight excluding hydrogens is 428 g/mol. The molecular formula is C23H23ClN6O2. The van der Waals surface area contributed by atoms with Crippen LogP contribution in [0.4, 0.5) is 17.5 Å². The smallest absolute Gasteiger partial charge is 0.305 e. The van der Waals surface area contributed by atoms with Crippen LogP contribution in [0.15, 0.2) is 54.6 Å². The molecule has 0 bridgehead atoms. The van der Waals surface area contributed by atoms with Crippen LogP contribution in [0.25, 0.3) is 5.78 Å². The van der Waals surface area contributed by atoms with Gasteiger partial charge in [0.2, 0.25) is 5.95 Å². The van der Waals surface area contributed by atoms with Gasteiger partial charge in [-0.3, -0.25) is 4.79 Å². The predicted molar refractivity (Wildman–Crippen MR) is 125 cm³/mol. The summed E-state index contributed by atoms with van der Waals surface area (Å²) in [6.07, 6.45) is 0.511. The highest BCUT2D eigenvalue weighted by Crippen LogP contribution is 2.24. The van der Waals surface area contributed by atoms with E-state index < -0.39 is 5.97 Å². The van der Waals surface area contributed by atoms with Crippen LogP contribution in [-0.4, -0.2) is 36.7 Å². The van der Waals surface area contributed by atoms with Crippen molar-refractivity contribution in [1.82, 2.24) is 19.6 Å². The van der Waals surface area contributed by atoms with Crippen molar-refractivity contribution in [3.05, 3.63) is 76.4 Å². The first-order valence-electron chi connectivity index (χ1n) is 10.2. The van der Waals surface area contributed by atoms with Gasteiger partial charge in [-0.2, -0.15) is 9.50 Å². The summed E-state index contributed by atoms with van der Waals surface area (Å²) < 4.78 is 1.58. The Labute approximate surface area is 190 Å². The Balaban J connectivity index is 1.65. The number of anilines is 3. The molecule has 3 N–H and O–H groups in total. The lowest BCUT2D eigenvalue weighted by molar-refractivity contribution is -0.137. The highest BCUT2D eigenvalue weighted by molar-refractivity contribution is 6.30. The first kappa shape index (κ1) is 21.6. The average molecular weight is 451 g/mol. The van der Waals surface area contributed by atoms with Crippen LogP contribution in [0.3, 0.4) is 0 Å². The first-order chi connectivity index (χ1) is 15.4. The van der Waals surface area contributed by atoms with Crippen LogP contribution in [0.2, 0.25) is 5.02 Å². The molecule has 0 aliphatic heterocycles. The van der Waals surface area contributed by atoms with E-state index in [0.717, 1.165) is 22.5 Å². The number of fused-ring (bicyclic) bond motifs is 1. The first-order valence-corrected chi connectivity index (χ1v) is 10.5. The zero-order valence-corrected chi connectivity index (χ0v) is 18.5. The summed E-state index contributed by atoms with van der Waals surface area (Å²) in [5.74, 6) is 0.522. The monoisotopic (exact) mass is 450 g/mol. The van der Waals surface area contributed by atoms with Crippen molar-refractivity contribution < 1.29 is 9.90 Å². The van der Waals surface area contributed by atoms with Crippen molar-refractivity contribution in [3.63, 3.8) is 0 Å². The maximum atomic E-state index is 11.5. The summed E-state index contributed by atoms with van der Waals surface area (Å²) in [5, 5.41) is 21.1. The number of hydrogen-bond donors (Lipinski definition) is 3. The van der Waals surface area contributed by atoms with E-state index >= 15 is 0 Å². The third-order valence-electron chi connectivity index (χ3n) is 4.98.